The van der Waals surface area contributed by atoms with Crippen LogP contribution in [-0.4, -0.2) is 71.1 Å². The van der Waals surface area contributed by atoms with Gasteiger partial charge in [-0.3, -0.25) is 4.99 Å². The molecule has 25 heavy (non-hydrogen) atoms. The second-order valence-corrected chi connectivity index (χ2v) is 8.70. The summed E-state index contributed by atoms with van der Waals surface area (Å²) in [5.41, 5.74) is 2.38. The fourth-order valence-electron chi connectivity index (χ4n) is 2.76. The Bertz CT molecular complexity index is 704. The number of hydrogen-bond acceptors (Lipinski definition) is 4. The summed E-state index contributed by atoms with van der Waals surface area (Å²) in [6.45, 7) is 5.85. The highest BCUT2D eigenvalue weighted by atomic mass is 127. The fraction of sp³-hybridized carbons (Fsp3) is 0.562. The zero-order chi connectivity index (χ0) is 17.7. The molecule has 6 nitrogen and oxygen atoms in total. The maximum absolute atomic E-state index is 11.2. The minimum absolute atomic E-state index is 0. The van der Waals surface area contributed by atoms with Gasteiger partial charge in [-0.25, -0.2) is 8.42 Å². The van der Waals surface area contributed by atoms with Crippen molar-refractivity contribution in [3.63, 3.8) is 0 Å². The Morgan fingerprint density at radius 1 is 1.28 bits per heavy atom. The predicted molar refractivity (Wildman–Crippen MR) is 116 cm³/mol. The molecule has 9 heteroatoms. The van der Waals surface area contributed by atoms with E-state index in [-0.39, 0.29) is 29.7 Å². The molecule has 1 N–H and O–H groups in total. The molecule has 0 unspecified atom stereocenters. The second-order valence-electron chi connectivity index (χ2n) is 6.01. The van der Waals surface area contributed by atoms with Gasteiger partial charge in [0, 0.05) is 56.7 Å². The summed E-state index contributed by atoms with van der Waals surface area (Å²) in [6, 6.07) is 5.95. The van der Waals surface area contributed by atoms with Gasteiger partial charge in [0.2, 0.25) is 0 Å². The maximum atomic E-state index is 11.2. The average molecular weight is 501 g/mol. The van der Waals surface area contributed by atoms with Crippen molar-refractivity contribution in [3.05, 3.63) is 28.8 Å². The SMILES string of the molecule is CN=C(NCCS(C)(=O)=O)N1CCN(c2cc(Cl)ccc2C)CC1.I. The summed E-state index contributed by atoms with van der Waals surface area (Å²) in [6.07, 6.45) is 1.24. The Kier molecular flexibility index (Phi) is 8.76. The van der Waals surface area contributed by atoms with Gasteiger partial charge in [-0.15, -0.1) is 24.0 Å². The summed E-state index contributed by atoms with van der Waals surface area (Å²) < 4.78 is 22.5. The first-order valence-corrected chi connectivity index (χ1v) is 10.4. The van der Waals surface area contributed by atoms with E-state index < -0.39 is 9.84 Å². The van der Waals surface area contributed by atoms with Crippen LogP contribution in [0.1, 0.15) is 5.56 Å². The Morgan fingerprint density at radius 3 is 2.48 bits per heavy atom. The summed E-state index contributed by atoms with van der Waals surface area (Å²) in [5.74, 6) is 0.856. The van der Waals surface area contributed by atoms with Gasteiger partial charge >= 0.3 is 0 Å². The molecule has 1 aromatic carbocycles. The molecule has 1 heterocycles. The number of aliphatic imine (C=N–C) groups is 1. The van der Waals surface area contributed by atoms with Crippen LogP contribution in [-0.2, 0) is 9.84 Å². The lowest BCUT2D eigenvalue weighted by atomic mass is 10.1. The molecule has 1 aliphatic heterocycles. The summed E-state index contributed by atoms with van der Waals surface area (Å²) in [4.78, 5) is 8.73. The predicted octanol–water partition coefficient (Wildman–Crippen LogP) is 2.01. The van der Waals surface area contributed by atoms with Crippen molar-refractivity contribution >= 4 is 57.1 Å². The molecular formula is C16H26ClIN4O2S. The van der Waals surface area contributed by atoms with Crippen LogP contribution in [0.5, 0.6) is 0 Å². The van der Waals surface area contributed by atoms with Crippen molar-refractivity contribution < 1.29 is 8.42 Å². The van der Waals surface area contributed by atoms with Crippen molar-refractivity contribution in [1.29, 1.82) is 0 Å². The highest BCUT2D eigenvalue weighted by Gasteiger charge is 2.21. The number of anilines is 1. The molecular weight excluding hydrogens is 475 g/mol. The third kappa shape index (κ3) is 6.82. The minimum Gasteiger partial charge on any atom is -0.368 e. The number of sulfone groups is 1. The first-order valence-electron chi connectivity index (χ1n) is 7.94. The van der Waals surface area contributed by atoms with Crippen LogP contribution in [0.15, 0.2) is 23.2 Å². The number of nitrogens with one attached hydrogen (secondary N) is 1. The number of benzene rings is 1. The molecule has 0 aliphatic carbocycles. The zero-order valence-electron chi connectivity index (χ0n) is 14.8. The van der Waals surface area contributed by atoms with Crippen molar-refractivity contribution in [3.8, 4) is 0 Å². The average Bonchev–Trinajstić information content (AvgIpc) is 2.53. The van der Waals surface area contributed by atoms with Crippen molar-refractivity contribution in [1.82, 2.24) is 10.2 Å². The van der Waals surface area contributed by atoms with Crippen LogP contribution < -0.4 is 10.2 Å². The number of guanidine groups is 1. The molecule has 2 rings (SSSR count). The third-order valence-corrected chi connectivity index (χ3v) is 5.24. The molecule has 0 radical (unpaired) electrons. The Balaban J connectivity index is 0.00000312. The molecule has 0 spiro atoms. The number of piperazine rings is 1. The van der Waals surface area contributed by atoms with E-state index in [1.807, 2.05) is 18.2 Å². The van der Waals surface area contributed by atoms with Gasteiger partial charge in [-0.05, 0) is 24.6 Å². The molecule has 0 amide bonds. The molecule has 0 aromatic heterocycles. The van der Waals surface area contributed by atoms with E-state index in [2.05, 4.69) is 27.0 Å². The van der Waals surface area contributed by atoms with Crippen LogP contribution in [0.3, 0.4) is 0 Å². The second kappa shape index (κ2) is 9.82. The lowest BCUT2D eigenvalue weighted by Crippen LogP contribution is -2.53. The van der Waals surface area contributed by atoms with Crippen LogP contribution >= 0.6 is 35.6 Å². The number of aryl methyl sites for hydroxylation is 1. The van der Waals surface area contributed by atoms with E-state index in [1.165, 1.54) is 17.5 Å². The van der Waals surface area contributed by atoms with Gasteiger partial charge in [0.15, 0.2) is 5.96 Å². The van der Waals surface area contributed by atoms with Crippen LogP contribution in [0.25, 0.3) is 0 Å². The number of hydrogen-bond donors (Lipinski definition) is 1. The molecule has 0 atom stereocenters. The van der Waals surface area contributed by atoms with Gasteiger partial charge in [0.25, 0.3) is 0 Å². The van der Waals surface area contributed by atoms with Gasteiger partial charge < -0.3 is 15.1 Å². The standard InChI is InChI=1S/C16H25ClN4O2S.HI/c1-13-4-5-14(17)12-15(13)20-7-9-21(10-8-20)16(18-2)19-6-11-24(3,22)23;/h4-5,12H,6-11H2,1-3H3,(H,18,19);1H. The van der Waals surface area contributed by atoms with E-state index in [1.54, 1.807) is 7.05 Å². The van der Waals surface area contributed by atoms with Crippen LogP contribution in [0, 0.1) is 6.92 Å². The number of rotatable bonds is 4. The first-order chi connectivity index (χ1) is 11.3. The Morgan fingerprint density at radius 2 is 1.92 bits per heavy atom. The summed E-state index contributed by atoms with van der Waals surface area (Å²) in [7, 11) is -1.25. The van der Waals surface area contributed by atoms with Crippen LogP contribution in [0.4, 0.5) is 5.69 Å². The molecule has 1 fully saturated rings. The lowest BCUT2D eigenvalue weighted by molar-refractivity contribution is 0.373. The molecule has 1 aromatic rings. The maximum Gasteiger partial charge on any atom is 0.193 e. The van der Waals surface area contributed by atoms with Gasteiger partial charge in [-0.1, -0.05) is 17.7 Å². The largest absolute Gasteiger partial charge is 0.368 e. The third-order valence-electron chi connectivity index (χ3n) is 4.06. The minimum atomic E-state index is -2.97. The van der Waals surface area contributed by atoms with Gasteiger partial charge in [0.1, 0.15) is 9.84 Å². The highest BCUT2D eigenvalue weighted by molar-refractivity contribution is 14.0. The molecule has 0 saturated carbocycles. The summed E-state index contributed by atoms with van der Waals surface area (Å²) in [5, 5.41) is 3.87. The van der Waals surface area contributed by atoms with Crippen LogP contribution in [0.2, 0.25) is 5.02 Å². The normalized spacial score (nSPS) is 15.8. The molecule has 142 valence electrons. The smallest absolute Gasteiger partial charge is 0.193 e. The number of halogens is 2. The van der Waals surface area contributed by atoms with E-state index in [0.717, 1.165) is 37.2 Å². The lowest BCUT2D eigenvalue weighted by Gasteiger charge is -2.38. The zero-order valence-corrected chi connectivity index (χ0v) is 18.7. The fourth-order valence-corrected chi connectivity index (χ4v) is 3.40. The summed E-state index contributed by atoms with van der Waals surface area (Å²) >= 11 is 6.12. The Labute approximate surface area is 172 Å². The van der Waals surface area contributed by atoms with E-state index >= 15 is 0 Å². The first kappa shape index (κ1) is 22.3. The quantitative estimate of drug-likeness (QED) is 0.389. The van der Waals surface area contributed by atoms with Crippen molar-refractivity contribution in [2.24, 2.45) is 4.99 Å². The molecule has 0 bridgehead atoms. The topological polar surface area (TPSA) is 65.0 Å². The van der Waals surface area contributed by atoms with Crippen molar-refractivity contribution in [2.45, 2.75) is 6.92 Å². The van der Waals surface area contributed by atoms with Gasteiger partial charge in [-0.2, -0.15) is 0 Å². The number of nitrogens with zero attached hydrogens (tertiary/aromatic N) is 3. The van der Waals surface area contributed by atoms with E-state index in [9.17, 15) is 8.42 Å². The monoisotopic (exact) mass is 500 g/mol. The van der Waals surface area contributed by atoms with Crippen molar-refractivity contribution in [2.75, 3.05) is 56.7 Å². The molecule has 1 saturated heterocycles. The van der Waals surface area contributed by atoms with E-state index in [0.29, 0.717) is 6.54 Å². The molecule has 1 aliphatic rings. The Hall–Kier alpha value is -0.740. The highest BCUT2D eigenvalue weighted by Crippen LogP contribution is 2.25. The van der Waals surface area contributed by atoms with Gasteiger partial charge in [0.05, 0.1) is 5.75 Å². The van der Waals surface area contributed by atoms with E-state index in [4.69, 9.17) is 11.6 Å².